The number of carbonyl (C=O) groups excluding carboxylic acids is 1. The number of nitrogens with one attached hydrogen (secondary N) is 2. The maximum atomic E-state index is 13.0. The van der Waals surface area contributed by atoms with Crippen LogP contribution in [-0.4, -0.2) is 21.8 Å². The number of aryl methyl sites for hydroxylation is 2. The van der Waals surface area contributed by atoms with Crippen molar-refractivity contribution >= 4 is 11.6 Å². The Labute approximate surface area is 151 Å². The molecule has 0 bridgehead atoms. The number of hydrogen-bond donors (Lipinski definition) is 2. The third kappa shape index (κ3) is 3.85. The van der Waals surface area contributed by atoms with Crippen LogP contribution in [0.3, 0.4) is 0 Å². The number of hydrazone groups is 1. The lowest BCUT2D eigenvalue weighted by atomic mass is 10.0. The van der Waals surface area contributed by atoms with E-state index >= 15 is 0 Å². The molecular weight excluding hydrogens is 331 g/mol. The van der Waals surface area contributed by atoms with E-state index in [1.165, 1.54) is 17.7 Å². The molecule has 5 nitrogen and oxygen atoms in total. The molecule has 3 aromatic rings. The third-order valence-corrected chi connectivity index (χ3v) is 4.21. The number of nitrogens with zero attached hydrogens (tertiary/aromatic N) is 2. The van der Waals surface area contributed by atoms with Crippen LogP contribution in [0.15, 0.2) is 53.6 Å². The number of hydrogen-bond acceptors (Lipinski definition) is 3. The summed E-state index contributed by atoms with van der Waals surface area (Å²) in [6.07, 6.45) is 0. The number of halogens is 1. The van der Waals surface area contributed by atoms with E-state index in [0.29, 0.717) is 17.1 Å². The standard InChI is InChI=1S/C20H19FN4O/c1-12-4-5-16(10-13(12)2)18-11-19(24-23-18)20(26)25-22-14(3)15-6-8-17(21)9-7-15/h4-11H,1-3H3,(H,23,24)(H,25,26)/b22-14-. The Bertz CT molecular complexity index is 974. The van der Waals surface area contributed by atoms with E-state index in [9.17, 15) is 9.18 Å². The van der Waals surface area contributed by atoms with Crippen LogP contribution in [-0.2, 0) is 0 Å². The zero-order chi connectivity index (χ0) is 18.7. The van der Waals surface area contributed by atoms with Crippen molar-refractivity contribution < 1.29 is 9.18 Å². The molecule has 0 unspecified atom stereocenters. The molecule has 0 saturated carbocycles. The molecular formula is C20H19FN4O. The van der Waals surface area contributed by atoms with Crippen molar-refractivity contribution in [3.05, 3.63) is 76.7 Å². The third-order valence-electron chi connectivity index (χ3n) is 4.21. The number of carbonyl (C=O) groups is 1. The molecule has 0 radical (unpaired) electrons. The van der Waals surface area contributed by atoms with Crippen molar-refractivity contribution in [1.29, 1.82) is 0 Å². The summed E-state index contributed by atoms with van der Waals surface area (Å²) in [4.78, 5) is 12.3. The maximum Gasteiger partial charge on any atom is 0.289 e. The van der Waals surface area contributed by atoms with E-state index in [2.05, 4.69) is 20.7 Å². The van der Waals surface area contributed by atoms with Gasteiger partial charge in [-0.3, -0.25) is 9.89 Å². The molecule has 1 heterocycles. The van der Waals surface area contributed by atoms with Crippen molar-refractivity contribution in [2.45, 2.75) is 20.8 Å². The van der Waals surface area contributed by atoms with Crippen molar-refractivity contribution in [2.24, 2.45) is 5.10 Å². The van der Waals surface area contributed by atoms with Crippen LogP contribution in [0.5, 0.6) is 0 Å². The second-order valence-corrected chi connectivity index (χ2v) is 6.11. The Morgan fingerprint density at radius 1 is 1.08 bits per heavy atom. The molecule has 0 saturated heterocycles. The van der Waals surface area contributed by atoms with Gasteiger partial charge in [0, 0.05) is 5.56 Å². The van der Waals surface area contributed by atoms with Gasteiger partial charge in [-0.15, -0.1) is 0 Å². The minimum Gasteiger partial charge on any atom is -0.272 e. The van der Waals surface area contributed by atoms with Gasteiger partial charge >= 0.3 is 0 Å². The van der Waals surface area contributed by atoms with E-state index < -0.39 is 5.91 Å². The van der Waals surface area contributed by atoms with Crippen LogP contribution < -0.4 is 5.43 Å². The average molecular weight is 350 g/mol. The van der Waals surface area contributed by atoms with E-state index in [1.54, 1.807) is 25.1 Å². The highest BCUT2D eigenvalue weighted by Crippen LogP contribution is 2.20. The van der Waals surface area contributed by atoms with Crippen molar-refractivity contribution in [3.8, 4) is 11.3 Å². The summed E-state index contributed by atoms with van der Waals surface area (Å²) in [5, 5.41) is 11.0. The summed E-state index contributed by atoms with van der Waals surface area (Å²) in [5.74, 6) is -0.712. The SMILES string of the molecule is C/C(=N/NC(=O)c1cc(-c2ccc(C)c(C)c2)n[nH]1)c1ccc(F)cc1. The van der Waals surface area contributed by atoms with Crippen LogP contribution in [0.25, 0.3) is 11.3 Å². The molecule has 132 valence electrons. The predicted octanol–water partition coefficient (Wildman–Crippen LogP) is 3.99. The summed E-state index contributed by atoms with van der Waals surface area (Å²) in [7, 11) is 0. The topological polar surface area (TPSA) is 70.1 Å². The van der Waals surface area contributed by atoms with E-state index in [4.69, 9.17) is 0 Å². The minimum absolute atomic E-state index is 0.314. The lowest BCUT2D eigenvalue weighted by Crippen LogP contribution is -2.19. The Kier molecular flexibility index (Phi) is 4.93. The smallest absolute Gasteiger partial charge is 0.272 e. The van der Waals surface area contributed by atoms with Crippen LogP contribution in [0.1, 0.15) is 34.1 Å². The molecule has 26 heavy (non-hydrogen) atoms. The van der Waals surface area contributed by atoms with Crippen LogP contribution in [0, 0.1) is 19.7 Å². The molecule has 0 aliphatic carbocycles. The summed E-state index contributed by atoms with van der Waals surface area (Å²) in [6, 6.07) is 13.6. The number of amides is 1. The molecule has 0 fully saturated rings. The Morgan fingerprint density at radius 3 is 2.50 bits per heavy atom. The van der Waals surface area contributed by atoms with Crippen LogP contribution in [0.4, 0.5) is 4.39 Å². The summed E-state index contributed by atoms with van der Waals surface area (Å²) in [5.41, 5.74) is 8.10. The summed E-state index contributed by atoms with van der Waals surface area (Å²) >= 11 is 0. The quantitative estimate of drug-likeness (QED) is 0.552. The minimum atomic E-state index is -0.394. The fraction of sp³-hybridized carbons (Fsp3) is 0.150. The fourth-order valence-corrected chi connectivity index (χ4v) is 2.44. The molecule has 2 N–H and O–H groups in total. The lowest BCUT2D eigenvalue weighted by molar-refractivity contribution is 0.0950. The van der Waals surface area contributed by atoms with Gasteiger partial charge in [0.15, 0.2) is 0 Å². The van der Waals surface area contributed by atoms with Gasteiger partial charge in [-0.05, 0) is 61.7 Å². The normalized spacial score (nSPS) is 11.5. The zero-order valence-corrected chi connectivity index (χ0v) is 14.8. The zero-order valence-electron chi connectivity index (χ0n) is 14.8. The fourth-order valence-electron chi connectivity index (χ4n) is 2.44. The van der Waals surface area contributed by atoms with Crippen molar-refractivity contribution in [1.82, 2.24) is 15.6 Å². The molecule has 3 rings (SSSR count). The van der Waals surface area contributed by atoms with Crippen molar-refractivity contribution in [2.75, 3.05) is 0 Å². The maximum absolute atomic E-state index is 13.0. The van der Waals surface area contributed by atoms with Gasteiger partial charge in [-0.2, -0.15) is 10.2 Å². The Morgan fingerprint density at radius 2 is 1.81 bits per heavy atom. The Hall–Kier alpha value is -3.28. The van der Waals surface area contributed by atoms with Gasteiger partial charge in [0.25, 0.3) is 5.91 Å². The highest BCUT2D eigenvalue weighted by Gasteiger charge is 2.11. The van der Waals surface area contributed by atoms with Gasteiger partial charge in [0.2, 0.25) is 0 Å². The second kappa shape index (κ2) is 7.31. The number of rotatable bonds is 4. The van der Waals surface area contributed by atoms with E-state index in [0.717, 1.165) is 16.7 Å². The van der Waals surface area contributed by atoms with Crippen molar-refractivity contribution in [3.63, 3.8) is 0 Å². The molecule has 0 aliphatic heterocycles. The first kappa shape index (κ1) is 17.5. The highest BCUT2D eigenvalue weighted by atomic mass is 19.1. The van der Waals surface area contributed by atoms with Gasteiger partial charge < -0.3 is 0 Å². The molecule has 0 spiro atoms. The van der Waals surface area contributed by atoms with Gasteiger partial charge in [-0.25, -0.2) is 9.82 Å². The van der Waals surface area contributed by atoms with Gasteiger partial charge in [0.1, 0.15) is 11.5 Å². The van der Waals surface area contributed by atoms with Gasteiger partial charge in [0.05, 0.1) is 11.4 Å². The molecule has 1 aromatic heterocycles. The molecule has 0 atom stereocenters. The van der Waals surface area contributed by atoms with Crippen LogP contribution in [0.2, 0.25) is 0 Å². The molecule has 2 aromatic carbocycles. The number of aromatic nitrogens is 2. The number of benzene rings is 2. The lowest BCUT2D eigenvalue weighted by Gasteiger charge is -2.02. The van der Waals surface area contributed by atoms with Crippen LogP contribution >= 0.6 is 0 Å². The number of H-pyrrole nitrogens is 1. The largest absolute Gasteiger partial charge is 0.289 e. The van der Waals surface area contributed by atoms with E-state index in [1.807, 2.05) is 32.0 Å². The van der Waals surface area contributed by atoms with Gasteiger partial charge in [-0.1, -0.05) is 24.3 Å². The molecule has 0 aliphatic rings. The first-order valence-corrected chi connectivity index (χ1v) is 8.17. The Balaban J connectivity index is 1.72. The summed E-state index contributed by atoms with van der Waals surface area (Å²) < 4.78 is 13.0. The number of aromatic amines is 1. The second-order valence-electron chi connectivity index (χ2n) is 6.11. The summed E-state index contributed by atoms with van der Waals surface area (Å²) in [6.45, 7) is 5.82. The average Bonchev–Trinajstić information content (AvgIpc) is 3.12. The first-order chi connectivity index (χ1) is 12.4. The predicted molar refractivity (Wildman–Crippen MR) is 99.6 cm³/mol. The van der Waals surface area contributed by atoms with E-state index in [-0.39, 0.29) is 5.82 Å². The molecule has 6 heteroatoms. The first-order valence-electron chi connectivity index (χ1n) is 8.17. The highest BCUT2D eigenvalue weighted by molar-refractivity contribution is 6.00. The monoisotopic (exact) mass is 350 g/mol. The molecule has 1 amide bonds.